The van der Waals surface area contributed by atoms with E-state index in [1.54, 1.807) is 36.4 Å². The summed E-state index contributed by atoms with van der Waals surface area (Å²) >= 11 is 0. The predicted molar refractivity (Wildman–Crippen MR) is 238 cm³/mol. The molecule has 0 aliphatic carbocycles. The van der Waals surface area contributed by atoms with Crippen LogP contribution in [0.15, 0.2) is 115 Å². The van der Waals surface area contributed by atoms with Gasteiger partial charge < -0.3 is 35.5 Å². The van der Waals surface area contributed by atoms with E-state index in [-0.39, 0.29) is 23.5 Å². The van der Waals surface area contributed by atoms with Gasteiger partial charge in [-0.1, -0.05) is 42.5 Å². The average molecular weight is 925 g/mol. The maximum Gasteiger partial charge on any atom is 0.328 e. The second kappa shape index (κ2) is 29.5. The molecule has 2 aliphatic heterocycles. The molecule has 3 aromatic carbocycles. The lowest BCUT2D eigenvalue weighted by Crippen LogP contribution is -2.53. The molecule has 0 saturated carbocycles. The van der Waals surface area contributed by atoms with E-state index in [4.69, 9.17) is 30.6 Å². The molecule has 0 radical (unpaired) electrons. The highest BCUT2D eigenvalue weighted by Crippen LogP contribution is 2.27. The number of rotatable bonds is 16. The van der Waals surface area contributed by atoms with Crippen molar-refractivity contribution in [3.8, 4) is 0 Å². The number of carboxylic acid groups (broad SMARTS) is 6. The molecule has 0 spiro atoms. The fraction of sp³-hybridized carbons (Fsp3) is 0.319. The number of hydrogen-bond acceptors (Lipinski definition) is 10. The van der Waals surface area contributed by atoms with Crippen LogP contribution in [0.25, 0.3) is 5.57 Å². The number of benzene rings is 3. The molecular formula is C47H55F3N4O12. The zero-order chi connectivity index (χ0) is 49.2. The molecule has 19 heteroatoms. The maximum absolute atomic E-state index is 13.7. The van der Waals surface area contributed by atoms with E-state index in [1.165, 1.54) is 29.8 Å². The van der Waals surface area contributed by atoms with Crippen molar-refractivity contribution in [1.29, 1.82) is 0 Å². The van der Waals surface area contributed by atoms with Gasteiger partial charge in [-0.25, -0.2) is 41.9 Å². The highest BCUT2D eigenvalue weighted by molar-refractivity contribution is 5.90. The monoisotopic (exact) mass is 924 g/mol. The van der Waals surface area contributed by atoms with Gasteiger partial charge in [0.2, 0.25) is 0 Å². The van der Waals surface area contributed by atoms with E-state index >= 15 is 0 Å². The lowest BCUT2D eigenvalue weighted by Gasteiger charge is -2.43. The number of piperazine rings is 2. The van der Waals surface area contributed by atoms with E-state index in [0.29, 0.717) is 42.5 Å². The first kappa shape index (κ1) is 55.2. The van der Waals surface area contributed by atoms with E-state index in [1.807, 2.05) is 12.1 Å². The molecule has 16 nitrogen and oxygen atoms in total. The highest BCUT2D eigenvalue weighted by Gasteiger charge is 2.29. The first-order chi connectivity index (χ1) is 31.2. The largest absolute Gasteiger partial charge is 0.478 e. The van der Waals surface area contributed by atoms with E-state index in [9.17, 15) is 41.9 Å². The summed E-state index contributed by atoms with van der Waals surface area (Å²) in [6.45, 7) is 14.5. The van der Waals surface area contributed by atoms with Crippen LogP contribution in [0, 0.1) is 17.5 Å². The topological polar surface area (TPSA) is 237 Å². The van der Waals surface area contributed by atoms with Gasteiger partial charge in [-0.15, -0.1) is 0 Å². The molecule has 2 fully saturated rings. The molecule has 0 amide bonds. The molecule has 356 valence electrons. The SMILES string of the molecule is CC(C)N1CCN(C(CN2CCN(CCC=C(c3ccc(F)cc3)c3ccc(F)cc3)CC2)c2ccc(F)cc2)CC1.O=C(O)/C=C/C(=O)O.O=C(O)/C=C/C(=O)O.O=C(O)/C=C/C(=O)O. The van der Waals surface area contributed by atoms with Crippen LogP contribution >= 0.6 is 0 Å². The number of carboxylic acids is 6. The smallest absolute Gasteiger partial charge is 0.328 e. The summed E-state index contributed by atoms with van der Waals surface area (Å²) in [4.78, 5) is 67.5. The number of aliphatic carboxylic acids is 6. The summed E-state index contributed by atoms with van der Waals surface area (Å²) in [5.74, 6) is -8.27. The summed E-state index contributed by atoms with van der Waals surface area (Å²) in [5.41, 5.74) is 4.03. The molecular weight excluding hydrogens is 870 g/mol. The average Bonchev–Trinajstić information content (AvgIpc) is 3.27. The summed E-state index contributed by atoms with van der Waals surface area (Å²) in [6.07, 6.45) is 6.39. The van der Waals surface area contributed by atoms with E-state index in [2.05, 4.69) is 39.5 Å². The Kier molecular flexibility index (Phi) is 24.7. The number of nitrogens with zero attached hydrogens (tertiary/aromatic N) is 4. The van der Waals surface area contributed by atoms with Gasteiger partial charge in [0.1, 0.15) is 17.5 Å². The van der Waals surface area contributed by atoms with Crippen molar-refractivity contribution in [2.24, 2.45) is 0 Å². The highest BCUT2D eigenvalue weighted by atomic mass is 19.1. The maximum atomic E-state index is 13.7. The van der Waals surface area contributed by atoms with Crippen molar-refractivity contribution >= 4 is 41.4 Å². The number of halogens is 3. The van der Waals surface area contributed by atoms with Crippen LogP contribution in [0.1, 0.15) is 43.0 Å². The van der Waals surface area contributed by atoms with Gasteiger partial charge in [0.15, 0.2) is 0 Å². The van der Waals surface area contributed by atoms with Gasteiger partial charge in [0, 0.05) is 114 Å². The number of hydrogen-bond donors (Lipinski definition) is 6. The lowest BCUT2D eigenvalue weighted by atomic mass is 9.96. The molecule has 2 heterocycles. The molecule has 1 unspecified atom stereocenters. The number of carbonyl (C=O) groups is 6. The van der Waals surface area contributed by atoms with Crippen LogP contribution in [-0.2, 0) is 28.8 Å². The minimum atomic E-state index is -1.26. The molecule has 1 atom stereocenters. The Morgan fingerprint density at radius 2 is 0.803 bits per heavy atom. The summed E-state index contributed by atoms with van der Waals surface area (Å²) < 4.78 is 40.9. The van der Waals surface area contributed by atoms with Gasteiger partial charge >= 0.3 is 35.8 Å². The lowest BCUT2D eigenvalue weighted by molar-refractivity contribution is -0.134. The second-order valence-electron chi connectivity index (χ2n) is 14.8. The summed E-state index contributed by atoms with van der Waals surface area (Å²) in [5, 5.41) is 46.9. The van der Waals surface area contributed by atoms with Crippen LogP contribution in [0.3, 0.4) is 0 Å². The Morgan fingerprint density at radius 3 is 1.14 bits per heavy atom. The second-order valence-corrected chi connectivity index (χ2v) is 14.8. The van der Waals surface area contributed by atoms with Crippen LogP contribution < -0.4 is 0 Å². The molecule has 2 aliphatic rings. The van der Waals surface area contributed by atoms with Crippen molar-refractivity contribution < 1.29 is 72.6 Å². The van der Waals surface area contributed by atoms with Crippen LogP contribution in [-0.4, -0.2) is 158 Å². The Bertz CT molecular complexity index is 1970. The quantitative estimate of drug-likeness (QED) is 0.0981. The van der Waals surface area contributed by atoms with Gasteiger partial charge in [0.25, 0.3) is 0 Å². The van der Waals surface area contributed by atoms with Gasteiger partial charge in [0.05, 0.1) is 0 Å². The molecule has 0 aromatic heterocycles. The Morgan fingerprint density at radius 1 is 0.485 bits per heavy atom. The van der Waals surface area contributed by atoms with Gasteiger partial charge in [-0.2, -0.15) is 0 Å². The fourth-order valence-electron chi connectivity index (χ4n) is 6.60. The van der Waals surface area contributed by atoms with E-state index < -0.39 is 35.8 Å². The van der Waals surface area contributed by atoms with Crippen LogP contribution in [0.4, 0.5) is 13.2 Å². The Balaban J connectivity index is 0.000000509. The molecule has 66 heavy (non-hydrogen) atoms. The third kappa shape index (κ3) is 23.1. The molecule has 0 bridgehead atoms. The van der Waals surface area contributed by atoms with Crippen molar-refractivity contribution in [2.45, 2.75) is 32.4 Å². The molecule has 5 rings (SSSR count). The third-order valence-corrected chi connectivity index (χ3v) is 9.88. The first-order valence-electron chi connectivity index (χ1n) is 20.6. The van der Waals surface area contributed by atoms with Gasteiger partial charge in [-0.3, -0.25) is 14.7 Å². The minimum Gasteiger partial charge on any atom is -0.478 e. The molecule has 2 saturated heterocycles. The van der Waals surface area contributed by atoms with Crippen molar-refractivity contribution in [3.05, 3.63) is 149 Å². The minimum absolute atomic E-state index is 0.188. The van der Waals surface area contributed by atoms with E-state index in [0.717, 1.165) is 88.6 Å². The van der Waals surface area contributed by atoms with Crippen molar-refractivity contribution in [3.63, 3.8) is 0 Å². The summed E-state index contributed by atoms with van der Waals surface area (Å²) in [6, 6.07) is 20.9. The third-order valence-electron chi connectivity index (χ3n) is 9.88. The Labute approximate surface area is 380 Å². The zero-order valence-electron chi connectivity index (χ0n) is 36.5. The predicted octanol–water partition coefficient (Wildman–Crippen LogP) is 5.45. The zero-order valence-corrected chi connectivity index (χ0v) is 36.5. The van der Waals surface area contributed by atoms with Gasteiger partial charge in [-0.05, 0) is 78.9 Å². The fourth-order valence-corrected chi connectivity index (χ4v) is 6.60. The van der Waals surface area contributed by atoms with Crippen LogP contribution in [0.5, 0.6) is 0 Å². The van der Waals surface area contributed by atoms with Crippen molar-refractivity contribution in [1.82, 2.24) is 19.6 Å². The first-order valence-corrected chi connectivity index (χ1v) is 20.6. The Hall–Kier alpha value is -6.93. The van der Waals surface area contributed by atoms with Crippen molar-refractivity contribution in [2.75, 3.05) is 65.4 Å². The summed E-state index contributed by atoms with van der Waals surface area (Å²) in [7, 11) is 0. The van der Waals surface area contributed by atoms with Crippen LogP contribution in [0.2, 0.25) is 0 Å². The molecule has 6 N–H and O–H groups in total. The standard InChI is InChI=1S/C35H43F3N4.3C4H4O4/c1-27(2)41-22-24-42(25-23-41)35(30-9-15-33(38)16-10-30)26-40-20-18-39(19-21-40)17-3-4-34(28-5-11-31(36)12-6-28)29-7-13-32(37)14-8-29;3*5-3(6)1-2-4(7)8/h4-16,27,35H,3,17-26H2,1-2H3;3*1-2H,(H,5,6)(H,7,8)/b;3*2-1+. The normalized spacial score (nSPS) is 15.1. The molecule has 3 aromatic rings.